The Bertz CT molecular complexity index is 350. The lowest BCUT2D eigenvalue weighted by Gasteiger charge is -2.27. The second-order valence-electron chi connectivity index (χ2n) is 4.55. The predicted molar refractivity (Wildman–Crippen MR) is 65.9 cm³/mol. The quantitative estimate of drug-likeness (QED) is 0.832. The Hall–Kier alpha value is -1.20. The second kappa shape index (κ2) is 5.93. The van der Waals surface area contributed by atoms with Crippen molar-refractivity contribution in [1.29, 1.82) is 0 Å². The van der Waals surface area contributed by atoms with Crippen molar-refractivity contribution in [2.75, 3.05) is 26.2 Å². The predicted octanol–water partition coefficient (Wildman–Crippen LogP) is 0.669. The molecule has 1 N–H and O–H groups in total. The van der Waals surface area contributed by atoms with E-state index in [1.165, 1.54) is 0 Å². The largest absolute Gasteiger partial charge is 0.475 e. The summed E-state index contributed by atoms with van der Waals surface area (Å²) >= 11 is 0. The maximum Gasteiger partial charge on any atom is 0.221 e. The van der Waals surface area contributed by atoms with Crippen LogP contribution in [0.3, 0.4) is 0 Å². The summed E-state index contributed by atoms with van der Waals surface area (Å²) in [6.45, 7) is 9.12. The van der Waals surface area contributed by atoms with Gasteiger partial charge in [-0.05, 0) is 13.8 Å². The molecule has 2 rings (SSSR count). The monoisotopic (exact) mass is 236 g/mol. The molecule has 0 spiro atoms. The Morgan fingerprint density at radius 3 is 2.88 bits per heavy atom. The van der Waals surface area contributed by atoms with Gasteiger partial charge in [-0.1, -0.05) is 0 Å². The van der Waals surface area contributed by atoms with Crippen LogP contribution in [0.2, 0.25) is 0 Å². The van der Waals surface area contributed by atoms with Crippen LogP contribution in [0.25, 0.3) is 0 Å². The third-order valence-electron chi connectivity index (χ3n) is 2.70. The summed E-state index contributed by atoms with van der Waals surface area (Å²) in [5.74, 6) is 0.716. The highest BCUT2D eigenvalue weighted by molar-refractivity contribution is 5.22. The zero-order chi connectivity index (χ0) is 12.1. The molecule has 1 aromatic rings. The maximum atomic E-state index is 5.69. The zero-order valence-corrected chi connectivity index (χ0v) is 10.5. The van der Waals surface area contributed by atoms with Crippen LogP contribution >= 0.6 is 0 Å². The molecule has 1 saturated heterocycles. The highest BCUT2D eigenvalue weighted by Crippen LogP contribution is 2.17. The average Bonchev–Trinajstić information content (AvgIpc) is 2.32. The van der Waals surface area contributed by atoms with Gasteiger partial charge in [-0.15, -0.1) is 0 Å². The molecule has 94 valence electrons. The molecule has 0 atom stereocenters. The lowest BCUT2D eigenvalue weighted by Crippen LogP contribution is -2.43. The molecule has 2 heterocycles. The van der Waals surface area contributed by atoms with Crippen molar-refractivity contribution >= 4 is 0 Å². The van der Waals surface area contributed by atoms with E-state index < -0.39 is 0 Å². The fraction of sp³-hybridized carbons (Fsp3) is 0.667. The highest BCUT2D eigenvalue weighted by Gasteiger charge is 2.14. The minimum atomic E-state index is 0.145. The van der Waals surface area contributed by atoms with E-state index in [0.717, 1.165) is 38.3 Å². The van der Waals surface area contributed by atoms with Crippen molar-refractivity contribution in [2.24, 2.45) is 0 Å². The Balaban J connectivity index is 2.03. The first-order valence-electron chi connectivity index (χ1n) is 6.14. The number of piperazine rings is 1. The first kappa shape index (κ1) is 12.3. The van der Waals surface area contributed by atoms with Crippen LogP contribution in [0, 0.1) is 0 Å². The molecular weight excluding hydrogens is 216 g/mol. The Morgan fingerprint density at radius 1 is 1.41 bits per heavy atom. The number of rotatable bonds is 4. The molecule has 0 radical (unpaired) electrons. The van der Waals surface area contributed by atoms with Gasteiger partial charge >= 0.3 is 0 Å². The normalized spacial score (nSPS) is 17.4. The topological polar surface area (TPSA) is 50.3 Å². The summed E-state index contributed by atoms with van der Waals surface area (Å²) in [6, 6.07) is 0. The summed E-state index contributed by atoms with van der Waals surface area (Å²) < 4.78 is 5.69. The lowest BCUT2D eigenvalue weighted by atomic mass is 10.2. The van der Waals surface area contributed by atoms with Crippen molar-refractivity contribution in [2.45, 2.75) is 26.5 Å². The molecule has 1 aromatic heterocycles. The molecule has 1 aliphatic heterocycles. The number of nitrogens with one attached hydrogen (secondary N) is 1. The van der Waals surface area contributed by atoms with Crippen LogP contribution in [0.4, 0.5) is 0 Å². The molecule has 17 heavy (non-hydrogen) atoms. The van der Waals surface area contributed by atoms with Crippen molar-refractivity contribution in [3.05, 3.63) is 18.1 Å². The molecule has 1 fully saturated rings. The van der Waals surface area contributed by atoms with Crippen LogP contribution in [0.5, 0.6) is 5.88 Å². The summed E-state index contributed by atoms with van der Waals surface area (Å²) in [6.07, 6.45) is 3.54. The molecule has 0 unspecified atom stereocenters. The molecule has 0 bridgehead atoms. The van der Waals surface area contributed by atoms with Gasteiger partial charge in [0.1, 0.15) is 6.33 Å². The zero-order valence-electron chi connectivity index (χ0n) is 10.5. The first-order chi connectivity index (χ1) is 8.25. The van der Waals surface area contributed by atoms with Gasteiger partial charge in [-0.2, -0.15) is 0 Å². The molecule has 5 heteroatoms. The SMILES string of the molecule is CC(C)Oc1ncncc1CN1CCNCC1. The maximum absolute atomic E-state index is 5.69. The fourth-order valence-corrected chi connectivity index (χ4v) is 1.90. The van der Waals surface area contributed by atoms with E-state index in [1.54, 1.807) is 6.33 Å². The smallest absolute Gasteiger partial charge is 0.221 e. The van der Waals surface area contributed by atoms with Gasteiger partial charge in [-0.3, -0.25) is 4.90 Å². The average molecular weight is 236 g/mol. The molecular formula is C12H20N4O. The van der Waals surface area contributed by atoms with Gasteiger partial charge in [0.15, 0.2) is 0 Å². The molecule has 5 nitrogen and oxygen atoms in total. The van der Waals surface area contributed by atoms with E-state index in [0.29, 0.717) is 5.88 Å². The third kappa shape index (κ3) is 3.64. The van der Waals surface area contributed by atoms with E-state index in [1.807, 2.05) is 20.0 Å². The van der Waals surface area contributed by atoms with Gasteiger partial charge in [0.25, 0.3) is 0 Å². The molecule has 0 aromatic carbocycles. The van der Waals surface area contributed by atoms with Gasteiger partial charge < -0.3 is 10.1 Å². The second-order valence-corrected chi connectivity index (χ2v) is 4.55. The fourth-order valence-electron chi connectivity index (χ4n) is 1.90. The van der Waals surface area contributed by atoms with Crippen molar-refractivity contribution in [3.63, 3.8) is 0 Å². The van der Waals surface area contributed by atoms with Gasteiger partial charge in [0, 0.05) is 44.5 Å². The van der Waals surface area contributed by atoms with E-state index in [4.69, 9.17) is 4.74 Å². The van der Waals surface area contributed by atoms with Crippen LogP contribution in [-0.4, -0.2) is 47.2 Å². The highest BCUT2D eigenvalue weighted by atomic mass is 16.5. The lowest BCUT2D eigenvalue weighted by molar-refractivity contribution is 0.208. The number of nitrogens with zero attached hydrogens (tertiary/aromatic N) is 3. The summed E-state index contributed by atoms with van der Waals surface area (Å²) in [5.41, 5.74) is 1.07. The summed E-state index contributed by atoms with van der Waals surface area (Å²) in [4.78, 5) is 10.7. The molecule has 0 amide bonds. The minimum Gasteiger partial charge on any atom is -0.475 e. The Labute approximate surface area is 102 Å². The van der Waals surface area contributed by atoms with Crippen molar-refractivity contribution in [3.8, 4) is 5.88 Å². The number of hydrogen-bond donors (Lipinski definition) is 1. The van der Waals surface area contributed by atoms with Gasteiger partial charge in [-0.25, -0.2) is 9.97 Å². The van der Waals surface area contributed by atoms with Gasteiger partial charge in [0.05, 0.1) is 6.10 Å². The van der Waals surface area contributed by atoms with E-state index in [-0.39, 0.29) is 6.10 Å². The van der Waals surface area contributed by atoms with E-state index >= 15 is 0 Å². The van der Waals surface area contributed by atoms with Crippen molar-refractivity contribution < 1.29 is 4.74 Å². The summed E-state index contributed by atoms with van der Waals surface area (Å²) in [5, 5.41) is 3.34. The van der Waals surface area contributed by atoms with E-state index in [2.05, 4.69) is 20.2 Å². The minimum absolute atomic E-state index is 0.145. The first-order valence-corrected chi connectivity index (χ1v) is 6.14. The van der Waals surface area contributed by atoms with Crippen LogP contribution in [0.15, 0.2) is 12.5 Å². The Kier molecular flexibility index (Phi) is 4.28. The van der Waals surface area contributed by atoms with Gasteiger partial charge in [0.2, 0.25) is 5.88 Å². The van der Waals surface area contributed by atoms with Crippen LogP contribution in [-0.2, 0) is 6.54 Å². The van der Waals surface area contributed by atoms with Crippen LogP contribution < -0.4 is 10.1 Å². The van der Waals surface area contributed by atoms with E-state index in [9.17, 15) is 0 Å². The number of aromatic nitrogens is 2. The molecule has 1 aliphatic rings. The number of ether oxygens (including phenoxy) is 1. The molecule has 0 saturated carbocycles. The standard InChI is InChI=1S/C12H20N4O/c1-10(2)17-12-11(7-14-9-15-12)8-16-5-3-13-4-6-16/h7,9-10,13H,3-6,8H2,1-2H3. The number of hydrogen-bond acceptors (Lipinski definition) is 5. The van der Waals surface area contributed by atoms with Crippen molar-refractivity contribution in [1.82, 2.24) is 20.2 Å². The van der Waals surface area contributed by atoms with Crippen LogP contribution in [0.1, 0.15) is 19.4 Å². The summed E-state index contributed by atoms with van der Waals surface area (Å²) in [7, 11) is 0. The molecule has 0 aliphatic carbocycles. The third-order valence-corrected chi connectivity index (χ3v) is 2.70. The Morgan fingerprint density at radius 2 is 2.18 bits per heavy atom.